The SMILES string of the molecule is COc1cccc(OC)c1C(=O)c1c(C)c(C)c(C)c(C)c1C. The Balaban J connectivity index is 2.78. The Kier molecular flexibility index (Phi) is 4.79. The van der Waals surface area contributed by atoms with Gasteiger partial charge >= 0.3 is 0 Å². The van der Waals surface area contributed by atoms with Crippen LogP contribution in [0.15, 0.2) is 18.2 Å². The van der Waals surface area contributed by atoms with E-state index in [1.54, 1.807) is 26.4 Å². The summed E-state index contributed by atoms with van der Waals surface area (Å²) in [7, 11) is 3.13. The van der Waals surface area contributed by atoms with Crippen molar-refractivity contribution in [2.75, 3.05) is 14.2 Å². The van der Waals surface area contributed by atoms with E-state index in [2.05, 4.69) is 20.8 Å². The molecule has 0 fully saturated rings. The van der Waals surface area contributed by atoms with Gasteiger partial charge in [-0.2, -0.15) is 0 Å². The molecule has 0 saturated heterocycles. The molecule has 0 amide bonds. The van der Waals surface area contributed by atoms with Crippen LogP contribution in [-0.2, 0) is 0 Å². The summed E-state index contributed by atoms with van der Waals surface area (Å²) in [6, 6.07) is 5.39. The average molecular weight is 312 g/mol. The zero-order chi connectivity index (χ0) is 17.3. The van der Waals surface area contributed by atoms with E-state index in [9.17, 15) is 4.79 Å². The smallest absolute Gasteiger partial charge is 0.201 e. The summed E-state index contributed by atoms with van der Waals surface area (Å²) in [5.74, 6) is 1.01. The van der Waals surface area contributed by atoms with E-state index < -0.39 is 0 Å². The zero-order valence-corrected chi connectivity index (χ0v) is 15.0. The van der Waals surface area contributed by atoms with E-state index in [1.807, 2.05) is 19.9 Å². The Morgan fingerprint density at radius 1 is 0.696 bits per heavy atom. The predicted molar refractivity (Wildman–Crippen MR) is 93.1 cm³/mol. The largest absolute Gasteiger partial charge is 0.496 e. The van der Waals surface area contributed by atoms with Crippen molar-refractivity contribution in [1.82, 2.24) is 0 Å². The van der Waals surface area contributed by atoms with Gasteiger partial charge in [0.2, 0.25) is 5.78 Å². The van der Waals surface area contributed by atoms with E-state index in [-0.39, 0.29) is 5.78 Å². The summed E-state index contributed by atoms with van der Waals surface area (Å²) in [6.45, 7) is 10.2. The van der Waals surface area contributed by atoms with Gasteiger partial charge in [-0.3, -0.25) is 4.79 Å². The fourth-order valence-corrected chi connectivity index (χ4v) is 3.04. The zero-order valence-electron chi connectivity index (χ0n) is 15.0. The summed E-state index contributed by atoms with van der Waals surface area (Å²) < 4.78 is 10.8. The summed E-state index contributed by atoms with van der Waals surface area (Å²) in [5.41, 5.74) is 6.81. The standard InChI is InChI=1S/C20H24O3/c1-11-12(2)14(4)18(15(5)13(11)3)20(21)19-16(22-6)9-8-10-17(19)23-7/h8-10H,1-7H3. The molecule has 0 N–H and O–H groups in total. The lowest BCUT2D eigenvalue weighted by Crippen LogP contribution is -2.13. The minimum Gasteiger partial charge on any atom is -0.496 e. The molecule has 0 aliphatic carbocycles. The lowest BCUT2D eigenvalue weighted by Gasteiger charge is -2.19. The summed E-state index contributed by atoms with van der Waals surface area (Å²) >= 11 is 0. The van der Waals surface area contributed by atoms with Crippen LogP contribution in [-0.4, -0.2) is 20.0 Å². The summed E-state index contributed by atoms with van der Waals surface area (Å²) in [5, 5.41) is 0. The Morgan fingerprint density at radius 3 is 1.48 bits per heavy atom. The number of carbonyl (C=O) groups is 1. The fourth-order valence-electron chi connectivity index (χ4n) is 3.04. The molecule has 2 aromatic carbocycles. The molecule has 0 radical (unpaired) electrons. The van der Waals surface area contributed by atoms with E-state index in [0.717, 1.165) is 27.8 Å². The first-order chi connectivity index (χ1) is 10.8. The van der Waals surface area contributed by atoms with E-state index >= 15 is 0 Å². The van der Waals surface area contributed by atoms with Crippen molar-refractivity contribution in [3.05, 3.63) is 57.1 Å². The van der Waals surface area contributed by atoms with Gasteiger partial charge in [-0.15, -0.1) is 0 Å². The Morgan fingerprint density at radius 2 is 1.09 bits per heavy atom. The quantitative estimate of drug-likeness (QED) is 0.781. The van der Waals surface area contributed by atoms with E-state index in [1.165, 1.54) is 5.56 Å². The monoisotopic (exact) mass is 312 g/mol. The van der Waals surface area contributed by atoms with Gasteiger partial charge in [-0.05, 0) is 74.6 Å². The predicted octanol–water partition coefficient (Wildman–Crippen LogP) is 4.48. The molecular formula is C20H24O3. The van der Waals surface area contributed by atoms with Crippen LogP contribution in [0.2, 0.25) is 0 Å². The lowest BCUT2D eigenvalue weighted by molar-refractivity contribution is 0.103. The lowest BCUT2D eigenvalue weighted by atomic mass is 9.86. The highest BCUT2D eigenvalue weighted by Gasteiger charge is 2.25. The van der Waals surface area contributed by atoms with Gasteiger partial charge < -0.3 is 9.47 Å². The number of carbonyl (C=O) groups excluding carboxylic acids is 1. The van der Waals surface area contributed by atoms with Crippen molar-refractivity contribution in [2.24, 2.45) is 0 Å². The van der Waals surface area contributed by atoms with Gasteiger partial charge in [0.05, 0.1) is 14.2 Å². The molecule has 122 valence electrons. The molecule has 2 rings (SSSR count). The van der Waals surface area contributed by atoms with Crippen molar-refractivity contribution in [1.29, 1.82) is 0 Å². The number of rotatable bonds is 4. The molecule has 0 aromatic heterocycles. The number of hydrogen-bond donors (Lipinski definition) is 0. The summed E-state index contributed by atoms with van der Waals surface area (Å²) in [6.07, 6.45) is 0. The maximum absolute atomic E-state index is 13.3. The third-order valence-electron chi connectivity index (χ3n) is 4.88. The molecule has 3 heteroatoms. The van der Waals surface area contributed by atoms with Crippen molar-refractivity contribution in [3.63, 3.8) is 0 Å². The van der Waals surface area contributed by atoms with Crippen LogP contribution in [0.5, 0.6) is 11.5 Å². The molecule has 0 bridgehead atoms. The fraction of sp³-hybridized carbons (Fsp3) is 0.350. The second-order valence-corrected chi connectivity index (χ2v) is 5.87. The molecular weight excluding hydrogens is 288 g/mol. The van der Waals surface area contributed by atoms with Crippen LogP contribution in [0.1, 0.15) is 43.7 Å². The molecule has 0 spiro atoms. The number of hydrogen-bond acceptors (Lipinski definition) is 3. The van der Waals surface area contributed by atoms with Gasteiger partial charge in [0.1, 0.15) is 17.1 Å². The first-order valence-corrected chi connectivity index (χ1v) is 7.67. The first kappa shape index (κ1) is 17.1. The molecule has 0 aliphatic rings. The first-order valence-electron chi connectivity index (χ1n) is 7.67. The minimum absolute atomic E-state index is 0.0551. The molecule has 0 saturated carbocycles. The van der Waals surface area contributed by atoms with Crippen molar-refractivity contribution < 1.29 is 14.3 Å². The van der Waals surface area contributed by atoms with Gasteiger partial charge in [0.25, 0.3) is 0 Å². The van der Waals surface area contributed by atoms with Gasteiger partial charge in [0, 0.05) is 5.56 Å². The molecule has 2 aromatic rings. The normalized spacial score (nSPS) is 10.6. The second kappa shape index (κ2) is 6.45. The highest BCUT2D eigenvalue weighted by atomic mass is 16.5. The molecule has 0 atom stereocenters. The molecule has 0 unspecified atom stereocenters. The number of methoxy groups -OCH3 is 2. The third-order valence-corrected chi connectivity index (χ3v) is 4.88. The van der Waals surface area contributed by atoms with Crippen molar-refractivity contribution in [3.8, 4) is 11.5 Å². The van der Waals surface area contributed by atoms with Gasteiger partial charge in [-0.1, -0.05) is 6.07 Å². The second-order valence-electron chi connectivity index (χ2n) is 5.87. The third kappa shape index (κ3) is 2.72. The molecule has 0 aliphatic heterocycles. The van der Waals surface area contributed by atoms with Crippen LogP contribution in [0.25, 0.3) is 0 Å². The van der Waals surface area contributed by atoms with Crippen LogP contribution in [0, 0.1) is 34.6 Å². The van der Waals surface area contributed by atoms with Crippen LogP contribution >= 0.6 is 0 Å². The van der Waals surface area contributed by atoms with Gasteiger partial charge in [-0.25, -0.2) is 0 Å². The van der Waals surface area contributed by atoms with E-state index in [4.69, 9.17) is 9.47 Å². The molecule has 23 heavy (non-hydrogen) atoms. The van der Waals surface area contributed by atoms with E-state index in [0.29, 0.717) is 17.1 Å². The maximum Gasteiger partial charge on any atom is 0.201 e. The molecule has 0 heterocycles. The van der Waals surface area contributed by atoms with Gasteiger partial charge in [0.15, 0.2) is 0 Å². The van der Waals surface area contributed by atoms with Crippen LogP contribution in [0.4, 0.5) is 0 Å². The minimum atomic E-state index is -0.0551. The van der Waals surface area contributed by atoms with Crippen molar-refractivity contribution in [2.45, 2.75) is 34.6 Å². The Hall–Kier alpha value is -2.29. The average Bonchev–Trinajstić information content (AvgIpc) is 2.57. The molecule has 3 nitrogen and oxygen atoms in total. The highest BCUT2D eigenvalue weighted by Crippen LogP contribution is 2.34. The highest BCUT2D eigenvalue weighted by molar-refractivity contribution is 6.14. The number of ketones is 1. The van der Waals surface area contributed by atoms with Crippen molar-refractivity contribution >= 4 is 5.78 Å². The maximum atomic E-state index is 13.3. The van der Waals surface area contributed by atoms with Crippen LogP contribution in [0.3, 0.4) is 0 Å². The Labute approximate surface area is 138 Å². The number of ether oxygens (including phenoxy) is 2. The Bertz CT molecular complexity index is 722. The number of benzene rings is 2. The summed E-state index contributed by atoms with van der Waals surface area (Å²) in [4.78, 5) is 13.3. The van der Waals surface area contributed by atoms with Crippen LogP contribution < -0.4 is 9.47 Å². The topological polar surface area (TPSA) is 35.5 Å².